The van der Waals surface area contributed by atoms with Crippen LogP contribution >= 0.6 is 15.9 Å². The molecule has 3 heteroatoms. The van der Waals surface area contributed by atoms with Crippen molar-refractivity contribution in [3.63, 3.8) is 0 Å². The van der Waals surface area contributed by atoms with Gasteiger partial charge in [-0.25, -0.2) is 4.39 Å². The van der Waals surface area contributed by atoms with Gasteiger partial charge in [0.2, 0.25) is 0 Å². The first kappa shape index (κ1) is 10.7. The Hall–Kier alpha value is -0.410. The Morgan fingerprint density at radius 2 is 2.00 bits per heavy atom. The van der Waals surface area contributed by atoms with Crippen LogP contribution < -0.4 is 5.73 Å². The molecule has 1 rings (SSSR count). The van der Waals surface area contributed by atoms with Crippen LogP contribution in [0.4, 0.5) is 4.39 Å². The van der Waals surface area contributed by atoms with Gasteiger partial charge in [0.15, 0.2) is 0 Å². The average molecular weight is 246 g/mol. The summed E-state index contributed by atoms with van der Waals surface area (Å²) in [6.45, 7) is 3.95. The van der Waals surface area contributed by atoms with Crippen LogP contribution in [0.2, 0.25) is 0 Å². The normalized spacial score (nSPS) is 13.4. The SMILES string of the molecule is CC(C)[C@@H](N)c1cccc(Br)c1F. The van der Waals surface area contributed by atoms with E-state index in [0.29, 0.717) is 10.0 Å². The van der Waals surface area contributed by atoms with Gasteiger partial charge < -0.3 is 5.73 Å². The van der Waals surface area contributed by atoms with E-state index in [-0.39, 0.29) is 17.8 Å². The van der Waals surface area contributed by atoms with Crippen molar-refractivity contribution >= 4 is 15.9 Å². The van der Waals surface area contributed by atoms with Crippen molar-refractivity contribution in [1.82, 2.24) is 0 Å². The van der Waals surface area contributed by atoms with Gasteiger partial charge in [-0.05, 0) is 27.9 Å². The van der Waals surface area contributed by atoms with Crippen LogP contribution in [0, 0.1) is 11.7 Å². The van der Waals surface area contributed by atoms with Crippen molar-refractivity contribution in [3.8, 4) is 0 Å². The third kappa shape index (κ3) is 2.29. The maximum Gasteiger partial charge on any atom is 0.142 e. The highest BCUT2D eigenvalue weighted by Crippen LogP contribution is 2.26. The van der Waals surface area contributed by atoms with Gasteiger partial charge in [0.05, 0.1) is 4.47 Å². The summed E-state index contributed by atoms with van der Waals surface area (Å²) in [5.74, 6) is -0.00694. The summed E-state index contributed by atoms with van der Waals surface area (Å²) in [6.07, 6.45) is 0. The predicted molar refractivity (Wildman–Crippen MR) is 55.9 cm³/mol. The number of hydrogen-bond donors (Lipinski definition) is 1. The van der Waals surface area contributed by atoms with Crippen molar-refractivity contribution in [2.75, 3.05) is 0 Å². The average Bonchev–Trinajstić information content (AvgIpc) is 2.08. The zero-order chi connectivity index (χ0) is 10.0. The highest BCUT2D eigenvalue weighted by atomic mass is 79.9. The lowest BCUT2D eigenvalue weighted by atomic mass is 9.97. The fourth-order valence-electron chi connectivity index (χ4n) is 1.14. The number of halogens is 2. The Kier molecular flexibility index (Phi) is 3.45. The Labute approximate surface area is 86.3 Å². The maximum atomic E-state index is 13.5. The summed E-state index contributed by atoms with van der Waals surface area (Å²) in [7, 11) is 0. The maximum absolute atomic E-state index is 13.5. The Balaban J connectivity index is 3.07. The standard InChI is InChI=1S/C10H13BrFN/c1-6(2)10(13)7-4-3-5-8(11)9(7)12/h3-6,10H,13H2,1-2H3/t10-/m1/s1. The van der Waals surface area contributed by atoms with Crippen LogP contribution in [0.5, 0.6) is 0 Å². The molecule has 0 saturated carbocycles. The number of benzene rings is 1. The molecule has 0 saturated heterocycles. The predicted octanol–water partition coefficient (Wildman–Crippen LogP) is 3.24. The highest BCUT2D eigenvalue weighted by molar-refractivity contribution is 9.10. The molecule has 0 spiro atoms. The molecule has 0 bridgehead atoms. The van der Waals surface area contributed by atoms with E-state index in [0.717, 1.165) is 0 Å². The molecule has 0 radical (unpaired) electrons. The molecule has 0 amide bonds. The lowest BCUT2D eigenvalue weighted by molar-refractivity contribution is 0.483. The molecule has 0 heterocycles. The summed E-state index contributed by atoms with van der Waals surface area (Å²) in [6, 6.07) is 4.96. The second kappa shape index (κ2) is 4.20. The molecule has 1 atom stereocenters. The quantitative estimate of drug-likeness (QED) is 0.851. The second-order valence-corrected chi connectivity index (χ2v) is 4.27. The van der Waals surface area contributed by atoms with Crippen LogP contribution in [0.1, 0.15) is 25.5 Å². The van der Waals surface area contributed by atoms with E-state index in [2.05, 4.69) is 15.9 Å². The fraction of sp³-hybridized carbons (Fsp3) is 0.400. The topological polar surface area (TPSA) is 26.0 Å². The van der Waals surface area contributed by atoms with Crippen molar-refractivity contribution in [2.45, 2.75) is 19.9 Å². The summed E-state index contributed by atoms with van der Waals surface area (Å²) < 4.78 is 14.0. The first-order chi connectivity index (χ1) is 6.04. The van der Waals surface area contributed by atoms with E-state index in [1.165, 1.54) is 0 Å². The molecule has 1 nitrogen and oxygen atoms in total. The van der Waals surface area contributed by atoms with Crippen molar-refractivity contribution in [2.24, 2.45) is 11.7 Å². The lowest BCUT2D eigenvalue weighted by Gasteiger charge is -2.16. The van der Waals surface area contributed by atoms with Crippen LogP contribution in [0.15, 0.2) is 22.7 Å². The van der Waals surface area contributed by atoms with Gasteiger partial charge in [-0.1, -0.05) is 26.0 Å². The number of rotatable bonds is 2. The highest BCUT2D eigenvalue weighted by Gasteiger charge is 2.15. The molecule has 1 aromatic carbocycles. The fourth-order valence-corrected chi connectivity index (χ4v) is 1.52. The van der Waals surface area contributed by atoms with Gasteiger partial charge in [-0.3, -0.25) is 0 Å². The van der Waals surface area contributed by atoms with Gasteiger partial charge >= 0.3 is 0 Å². The number of hydrogen-bond acceptors (Lipinski definition) is 1. The number of nitrogens with two attached hydrogens (primary N) is 1. The molecular formula is C10H13BrFN. The molecule has 72 valence electrons. The third-order valence-electron chi connectivity index (χ3n) is 2.06. The van der Waals surface area contributed by atoms with Crippen molar-refractivity contribution < 1.29 is 4.39 Å². The van der Waals surface area contributed by atoms with Gasteiger partial charge in [0, 0.05) is 11.6 Å². The van der Waals surface area contributed by atoms with Gasteiger partial charge in [-0.15, -0.1) is 0 Å². The summed E-state index contributed by atoms with van der Waals surface area (Å²) in [4.78, 5) is 0. The van der Waals surface area contributed by atoms with Crippen molar-refractivity contribution in [1.29, 1.82) is 0 Å². The van der Waals surface area contributed by atoms with Gasteiger partial charge in [0.25, 0.3) is 0 Å². The lowest BCUT2D eigenvalue weighted by Crippen LogP contribution is -2.18. The summed E-state index contributed by atoms with van der Waals surface area (Å²) in [5.41, 5.74) is 6.42. The molecule has 0 aliphatic rings. The second-order valence-electron chi connectivity index (χ2n) is 3.41. The van der Waals surface area contributed by atoms with Crippen molar-refractivity contribution in [3.05, 3.63) is 34.1 Å². The van der Waals surface area contributed by atoms with Gasteiger partial charge in [-0.2, -0.15) is 0 Å². The zero-order valence-electron chi connectivity index (χ0n) is 7.72. The van der Waals surface area contributed by atoms with Crippen LogP contribution in [0.25, 0.3) is 0 Å². The van der Waals surface area contributed by atoms with E-state index < -0.39 is 0 Å². The Bertz CT molecular complexity index is 299. The van der Waals surface area contributed by atoms with E-state index in [1.54, 1.807) is 18.2 Å². The molecule has 0 aliphatic heterocycles. The molecule has 0 aliphatic carbocycles. The zero-order valence-corrected chi connectivity index (χ0v) is 9.31. The van der Waals surface area contributed by atoms with E-state index in [1.807, 2.05) is 13.8 Å². The molecule has 1 aromatic rings. The molecular weight excluding hydrogens is 233 g/mol. The molecule has 13 heavy (non-hydrogen) atoms. The van der Waals surface area contributed by atoms with E-state index >= 15 is 0 Å². The van der Waals surface area contributed by atoms with Crippen LogP contribution in [0.3, 0.4) is 0 Å². The van der Waals surface area contributed by atoms with Gasteiger partial charge in [0.1, 0.15) is 5.82 Å². The molecule has 0 aromatic heterocycles. The third-order valence-corrected chi connectivity index (χ3v) is 2.67. The summed E-state index contributed by atoms with van der Waals surface area (Å²) in [5, 5.41) is 0. The minimum absolute atomic E-state index is 0.238. The van der Waals surface area contributed by atoms with Crippen LogP contribution in [-0.4, -0.2) is 0 Å². The Morgan fingerprint density at radius 3 is 2.54 bits per heavy atom. The molecule has 0 fully saturated rings. The minimum Gasteiger partial charge on any atom is -0.324 e. The Morgan fingerprint density at radius 1 is 1.38 bits per heavy atom. The molecule has 2 N–H and O–H groups in total. The summed E-state index contributed by atoms with van der Waals surface area (Å²) >= 11 is 3.13. The first-order valence-electron chi connectivity index (χ1n) is 4.23. The monoisotopic (exact) mass is 245 g/mol. The van der Waals surface area contributed by atoms with E-state index in [9.17, 15) is 4.39 Å². The first-order valence-corrected chi connectivity index (χ1v) is 5.03. The van der Waals surface area contributed by atoms with Crippen LogP contribution in [-0.2, 0) is 0 Å². The smallest absolute Gasteiger partial charge is 0.142 e. The molecule has 0 unspecified atom stereocenters. The largest absolute Gasteiger partial charge is 0.324 e. The van der Waals surface area contributed by atoms with E-state index in [4.69, 9.17) is 5.73 Å². The minimum atomic E-state index is -0.247.